The van der Waals surface area contributed by atoms with Gasteiger partial charge in [0.2, 0.25) is 5.91 Å². The molecule has 6 nitrogen and oxygen atoms in total. The highest BCUT2D eigenvalue weighted by atomic mass is 16.5. The van der Waals surface area contributed by atoms with E-state index in [0.717, 1.165) is 22.6 Å². The molecule has 0 fully saturated rings. The highest BCUT2D eigenvalue weighted by Crippen LogP contribution is 2.25. The van der Waals surface area contributed by atoms with Gasteiger partial charge in [-0.25, -0.2) is 5.01 Å². The van der Waals surface area contributed by atoms with Crippen LogP contribution >= 0.6 is 0 Å². The third-order valence-corrected chi connectivity index (χ3v) is 4.87. The molecule has 29 heavy (non-hydrogen) atoms. The number of rotatable bonds is 7. The van der Waals surface area contributed by atoms with Crippen LogP contribution in [0.3, 0.4) is 0 Å². The lowest BCUT2D eigenvalue weighted by Crippen LogP contribution is -2.40. The molecular weight excluding hydrogens is 366 g/mol. The second-order valence-electron chi connectivity index (χ2n) is 7.28. The molecule has 2 amide bonds. The van der Waals surface area contributed by atoms with Gasteiger partial charge in [-0.15, -0.1) is 0 Å². The number of hydrogen-bond donors (Lipinski definition) is 0. The number of anilines is 1. The molecule has 0 aromatic heterocycles. The van der Waals surface area contributed by atoms with Crippen molar-refractivity contribution in [2.45, 2.75) is 33.1 Å². The van der Waals surface area contributed by atoms with Crippen molar-refractivity contribution in [1.82, 2.24) is 4.90 Å². The molecule has 6 heteroatoms. The van der Waals surface area contributed by atoms with Gasteiger partial charge in [-0.05, 0) is 49.6 Å². The Morgan fingerprint density at radius 1 is 1.14 bits per heavy atom. The molecule has 1 aliphatic rings. The maximum absolute atomic E-state index is 12.8. The average molecular weight is 393 g/mol. The minimum Gasteiger partial charge on any atom is -0.494 e. The number of hydrazone groups is 1. The molecule has 0 radical (unpaired) electrons. The van der Waals surface area contributed by atoms with Crippen LogP contribution in [0.5, 0.6) is 5.75 Å². The first-order valence-corrected chi connectivity index (χ1v) is 9.86. The average Bonchev–Trinajstić information content (AvgIpc) is 2.73. The van der Waals surface area contributed by atoms with Gasteiger partial charge in [0.15, 0.2) is 0 Å². The number of hydrogen-bond acceptors (Lipinski definition) is 4. The fourth-order valence-corrected chi connectivity index (χ4v) is 3.17. The minimum atomic E-state index is -0.146. The SMILES string of the molecule is Cc1ccc(C)c(N2N=C(C(=O)N(C)CCCOc3ccccc3)CCC2=O)c1. The van der Waals surface area contributed by atoms with E-state index in [9.17, 15) is 9.59 Å². The Balaban J connectivity index is 1.61. The second-order valence-corrected chi connectivity index (χ2v) is 7.28. The van der Waals surface area contributed by atoms with Gasteiger partial charge in [0.05, 0.1) is 12.3 Å². The Morgan fingerprint density at radius 3 is 2.66 bits per heavy atom. The predicted molar refractivity (Wildman–Crippen MR) is 114 cm³/mol. The van der Waals surface area contributed by atoms with Crippen molar-refractivity contribution in [1.29, 1.82) is 0 Å². The maximum Gasteiger partial charge on any atom is 0.269 e. The molecule has 0 unspecified atom stereocenters. The topological polar surface area (TPSA) is 62.2 Å². The van der Waals surface area contributed by atoms with Crippen LogP contribution in [0.25, 0.3) is 0 Å². The molecule has 3 rings (SSSR count). The molecule has 0 atom stereocenters. The number of carbonyl (C=O) groups excluding carboxylic acids is 2. The molecule has 152 valence electrons. The van der Waals surface area contributed by atoms with Crippen molar-refractivity contribution < 1.29 is 14.3 Å². The first-order chi connectivity index (χ1) is 14.0. The molecule has 0 N–H and O–H groups in total. The zero-order valence-electron chi connectivity index (χ0n) is 17.2. The summed E-state index contributed by atoms with van der Waals surface area (Å²) in [4.78, 5) is 26.9. The zero-order valence-corrected chi connectivity index (χ0v) is 17.2. The van der Waals surface area contributed by atoms with E-state index in [-0.39, 0.29) is 18.2 Å². The minimum absolute atomic E-state index is 0.0887. The van der Waals surface area contributed by atoms with Crippen LogP contribution in [0.4, 0.5) is 5.69 Å². The summed E-state index contributed by atoms with van der Waals surface area (Å²) in [5.74, 6) is 0.586. The zero-order chi connectivity index (χ0) is 20.8. The van der Waals surface area contributed by atoms with Crippen LogP contribution in [0, 0.1) is 13.8 Å². The number of para-hydroxylation sites is 1. The van der Waals surface area contributed by atoms with Crippen molar-refractivity contribution in [3.8, 4) is 5.75 Å². The fourth-order valence-electron chi connectivity index (χ4n) is 3.17. The molecule has 0 saturated heterocycles. The lowest BCUT2D eigenvalue weighted by atomic mass is 10.1. The van der Waals surface area contributed by atoms with Crippen LogP contribution in [0.1, 0.15) is 30.4 Å². The largest absolute Gasteiger partial charge is 0.494 e. The number of nitrogens with zero attached hydrogens (tertiary/aromatic N) is 3. The van der Waals surface area contributed by atoms with E-state index in [1.165, 1.54) is 5.01 Å². The van der Waals surface area contributed by atoms with Crippen LogP contribution < -0.4 is 9.75 Å². The first-order valence-electron chi connectivity index (χ1n) is 9.86. The monoisotopic (exact) mass is 393 g/mol. The van der Waals surface area contributed by atoms with E-state index in [4.69, 9.17) is 4.74 Å². The van der Waals surface area contributed by atoms with Crippen molar-refractivity contribution in [2.75, 3.05) is 25.2 Å². The highest BCUT2D eigenvalue weighted by Gasteiger charge is 2.28. The van der Waals surface area contributed by atoms with Gasteiger partial charge in [0, 0.05) is 26.4 Å². The highest BCUT2D eigenvalue weighted by molar-refractivity contribution is 6.40. The summed E-state index contributed by atoms with van der Waals surface area (Å²) in [6.07, 6.45) is 1.36. The van der Waals surface area contributed by atoms with E-state index in [1.54, 1.807) is 11.9 Å². The Labute approximate surface area is 171 Å². The van der Waals surface area contributed by atoms with Gasteiger partial charge in [-0.3, -0.25) is 9.59 Å². The van der Waals surface area contributed by atoms with Crippen molar-refractivity contribution >= 4 is 23.2 Å². The van der Waals surface area contributed by atoms with Crippen LogP contribution in [0.2, 0.25) is 0 Å². The summed E-state index contributed by atoms with van der Waals surface area (Å²) in [5.41, 5.74) is 3.14. The number of ether oxygens (including phenoxy) is 1. The number of carbonyl (C=O) groups is 2. The lowest BCUT2D eigenvalue weighted by molar-refractivity contribution is -0.123. The summed E-state index contributed by atoms with van der Waals surface area (Å²) in [6.45, 7) is 4.99. The van der Waals surface area contributed by atoms with E-state index < -0.39 is 0 Å². The van der Waals surface area contributed by atoms with Gasteiger partial charge in [-0.2, -0.15) is 5.10 Å². The normalized spacial score (nSPS) is 13.8. The third kappa shape index (κ3) is 5.22. The summed E-state index contributed by atoms with van der Waals surface area (Å²) < 4.78 is 5.67. The first kappa shape index (κ1) is 20.6. The smallest absolute Gasteiger partial charge is 0.269 e. The Morgan fingerprint density at radius 2 is 1.90 bits per heavy atom. The van der Waals surface area contributed by atoms with Crippen molar-refractivity contribution in [3.05, 3.63) is 59.7 Å². The van der Waals surface area contributed by atoms with Crippen molar-refractivity contribution in [3.63, 3.8) is 0 Å². The second kappa shape index (κ2) is 9.37. The standard InChI is InChI=1S/C23H27N3O3/c1-17-10-11-18(2)21(16-17)26-22(27)13-12-20(24-26)23(28)25(3)14-7-15-29-19-8-5-4-6-9-19/h4-6,8-11,16H,7,12-15H2,1-3H3. The predicted octanol–water partition coefficient (Wildman–Crippen LogP) is 3.71. The summed E-state index contributed by atoms with van der Waals surface area (Å²) in [7, 11) is 1.76. The Hall–Kier alpha value is -3.15. The summed E-state index contributed by atoms with van der Waals surface area (Å²) in [6, 6.07) is 15.5. The molecular formula is C23H27N3O3. The molecule has 2 aromatic carbocycles. The van der Waals surface area contributed by atoms with E-state index in [2.05, 4.69) is 5.10 Å². The van der Waals surface area contributed by atoms with Crippen LogP contribution in [-0.4, -0.2) is 42.6 Å². The fraction of sp³-hybridized carbons (Fsp3) is 0.348. The molecule has 2 aromatic rings. The van der Waals surface area contributed by atoms with Gasteiger partial charge in [0.25, 0.3) is 5.91 Å². The molecule has 0 saturated carbocycles. The molecule has 0 bridgehead atoms. The molecule has 1 heterocycles. The van der Waals surface area contributed by atoms with Crippen LogP contribution in [0.15, 0.2) is 53.6 Å². The van der Waals surface area contributed by atoms with Gasteiger partial charge in [0.1, 0.15) is 11.5 Å². The van der Waals surface area contributed by atoms with Crippen molar-refractivity contribution in [2.24, 2.45) is 5.10 Å². The van der Waals surface area contributed by atoms with E-state index in [0.29, 0.717) is 31.7 Å². The number of aryl methyl sites for hydroxylation is 2. The van der Waals surface area contributed by atoms with E-state index in [1.807, 2.05) is 62.4 Å². The van der Waals surface area contributed by atoms with Gasteiger partial charge < -0.3 is 9.64 Å². The third-order valence-electron chi connectivity index (χ3n) is 4.87. The molecule has 0 spiro atoms. The molecule has 1 aliphatic heterocycles. The summed E-state index contributed by atoms with van der Waals surface area (Å²) in [5, 5.41) is 5.79. The maximum atomic E-state index is 12.8. The molecule has 0 aliphatic carbocycles. The number of amides is 2. The Kier molecular flexibility index (Phi) is 6.65. The lowest BCUT2D eigenvalue weighted by Gasteiger charge is -2.26. The summed E-state index contributed by atoms with van der Waals surface area (Å²) >= 11 is 0. The Bertz CT molecular complexity index is 909. The van der Waals surface area contributed by atoms with E-state index >= 15 is 0 Å². The number of benzene rings is 2. The quantitative estimate of drug-likeness (QED) is 0.674. The van der Waals surface area contributed by atoms with Crippen LogP contribution in [-0.2, 0) is 9.59 Å². The van der Waals surface area contributed by atoms with Gasteiger partial charge in [-0.1, -0.05) is 30.3 Å². The van der Waals surface area contributed by atoms with Gasteiger partial charge >= 0.3 is 0 Å².